The summed E-state index contributed by atoms with van der Waals surface area (Å²) in [6, 6.07) is 12.4. The van der Waals surface area contributed by atoms with Crippen molar-refractivity contribution in [2.45, 2.75) is 23.1 Å². The number of amides is 2. The van der Waals surface area contributed by atoms with Gasteiger partial charge in [0.05, 0.1) is 10.5 Å². The van der Waals surface area contributed by atoms with E-state index in [0.29, 0.717) is 22.6 Å². The highest BCUT2D eigenvalue weighted by atomic mass is 32.2. The van der Waals surface area contributed by atoms with Gasteiger partial charge in [0, 0.05) is 17.0 Å². The van der Waals surface area contributed by atoms with Crippen LogP contribution in [-0.2, 0) is 14.8 Å². The average molecular weight is 378 g/mol. The SMILES string of the molecule is CCC(=O)Nc1ccc(S(=O)(=O)NC(=O)c2ccccc2SC)cc1. The first-order valence-electron chi connectivity index (χ1n) is 7.47. The third kappa shape index (κ3) is 4.83. The Balaban J connectivity index is 2.18. The first kappa shape index (κ1) is 19.0. The molecule has 0 saturated carbocycles. The van der Waals surface area contributed by atoms with Crippen LogP contribution in [0.2, 0.25) is 0 Å². The van der Waals surface area contributed by atoms with Crippen molar-refractivity contribution < 1.29 is 18.0 Å². The smallest absolute Gasteiger partial charge is 0.266 e. The number of carbonyl (C=O) groups is 2. The maximum atomic E-state index is 12.4. The fourth-order valence-corrected chi connectivity index (χ4v) is 3.60. The van der Waals surface area contributed by atoms with Crippen LogP contribution >= 0.6 is 11.8 Å². The van der Waals surface area contributed by atoms with E-state index >= 15 is 0 Å². The number of hydrogen-bond donors (Lipinski definition) is 2. The van der Waals surface area contributed by atoms with E-state index in [0.717, 1.165) is 0 Å². The summed E-state index contributed by atoms with van der Waals surface area (Å²) < 4.78 is 26.8. The molecular formula is C17H18N2O4S2. The zero-order valence-electron chi connectivity index (χ0n) is 13.8. The number of hydrogen-bond acceptors (Lipinski definition) is 5. The van der Waals surface area contributed by atoms with Gasteiger partial charge in [0.2, 0.25) is 5.91 Å². The molecule has 2 amide bonds. The van der Waals surface area contributed by atoms with E-state index in [2.05, 4.69) is 10.0 Å². The molecule has 0 bridgehead atoms. The fraction of sp³-hybridized carbons (Fsp3) is 0.176. The quantitative estimate of drug-likeness (QED) is 0.754. The summed E-state index contributed by atoms with van der Waals surface area (Å²) >= 11 is 1.36. The van der Waals surface area contributed by atoms with E-state index in [1.54, 1.807) is 31.2 Å². The average Bonchev–Trinajstić information content (AvgIpc) is 2.61. The van der Waals surface area contributed by atoms with Crippen LogP contribution in [0.15, 0.2) is 58.3 Å². The predicted octanol–water partition coefficient (Wildman–Crippen LogP) is 2.88. The third-order valence-electron chi connectivity index (χ3n) is 3.35. The molecule has 0 fully saturated rings. The van der Waals surface area contributed by atoms with Crippen molar-refractivity contribution in [3.8, 4) is 0 Å². The van der Waals surface area contributed by atoms with Crippen molar-refractivity contribution in [1.82, 2.24) is 4.72 Å². The summed E-state index contributed by atoms with van der Waals surface area (Å²) in [7, 11) is -4.00. The first-order valence-corrected chi connectivity index (χ1v) is 10.2. The van der Waals surface area contributed by atoms with Crippen molar-refractivity contribution >= 4 is 39.3 Å². The van der Waals surface area contributed by atoms with Crippen molar-refractivity contribution in [3.05, 3.63) is 54.1 Å². The molecule has 0 spiro atoms. The Hall–Kier alpha value is -2.32. The molecule has 2 aromatic carbocycles. The minimum atomic E-state index is -4.00. The van der Waals surface area contributed by atoms with Gasteiger partial charge < -0.3 is 5.32 Å². The summed E-state index contributed by atoms with van der Waals surface area (Å²) in [6.45, 7) is 1.72. The lowest BCUT2D eigenvalue weighted by molar-refractivity contribution is -0.115. The van der Waals surface area contributed by atoms with Gasteiger partial charge in [0.15, 0.2) is 0 Å². The lowest BCUT2D eigenvalue weighted by Crippen LogP contribution is -2.30. The molecule has 2 rings (SSSR count). The van der Waals surface area contributed by atoms with Gasteiger partial charge in [-0.15, -0.1) is 11.8 Å². The van der Waals surface area contributed by atoms with Gasteiger partial charge in [0.25, 0.3) is 15.9 Å². The molecule has 0 aliphatic heterocycles. The molecule has 25 heavy (non-hydrogen) atoms. The molecule has 0 aliphatic carbocycles. The minimum Gasteiger partial charge on any atom is -0.326 e. The molecule has 0 unspecified atom stereocenters. The Bertz CT molecular complexity index is 878. The molecule has 2 aromatic rings. The lowest BCUT2D eigenvalue weighted by Gasteiger charge is -2.10. The number of nitrogens with one attached hydrogen (secondary N) is 2. The largest absolute Gasteiger partial charge is 0.326 e. The van der Waals surface area contributed by atoms with Crippen LogP contribution in [0, 0.1) is 0 Å². The number of thioether (sulfide) groups is 1. The monoisotopic (exact) mass is 378 g/mol. The first-order chi connectivity index (χ1) is 11.9. The third-order valence-corrected chi connectivity index (χ3v) is 5.49. The second-order valence-electron chi connectivity index (χ2n) is 5.06. The molecule has 0 aliphatic rings. The second-order valence-corrected chi connectivity index (χ2v) is 7.59. The predicted molar refractivity (Wildman–Crippen MR) is 98.2 cm³/mol. The topological polar surface area (TPSA) is 92.3 Å². The van der Waals surface area contributed by atoms with Crippen LogP contribution < -0.4 is 10.0 Å². The zero-order valence-corrected chi connectivity index (χ0v) is 15.4. The summed E-state index contributed by atoms with van der Waals surface area (Å²) in [5.74, 6) is -0.856. The standard InChI is InChI=1S/C17H18N2O4S2/c1-3-16(20)18-12-8-10-13(11-9-12)25(22,23)19-17(21)14-6-4-5-7-15(14)24-2/h4-11H,3H2,1-2H3,(H,18,20)(H,19,21). The number of sulfonamides is 1. The lowest BCUT2D eigenvalue weighted by atomic mass is 10.2. The van der Waals surface area contributed by atoms with Gasteiger partial charge in [-0.25, -0.2) is 13.1 Å². The van der Waals surface area contributed by atoms with E-state index < -0.39 is 15.9 Å². The maximum absolute atomic E-state index is 12.4. The molecule has 0 radical (unpaired) electrons. The Kier molecular flexibility index (Phi) is 6.22. The van der Waals surface area contributed by atoms with Gasteiger partial charge in [-0.2, -0.15) is 0 Å². The van der Waals surface area contributed by atoms with E-state index in [1.165, 1.54) is 36.0 Å². The van der Waals surface area contributed by atoms with Gasteiger partial charge in [-0.1, -0.05) is 19.1 Å². The van der Waals surface area contributed by atoms with Crippen molar-refractivity contribution in [1.29, 1.82) is 0 Å². The van der Waals surface area contributed by atoms with Crippen LogP contribution in [-0.4, -0.2) is 26.5 Å². The number of rotatable bonds is 6. The summed E-state index contributed by atoms with van der Waals surface area (Å²) in [6.07, 6.45) is 2.13. The molecule has 0 aromatic heterocycles. The summed E-state index contributed by atoms with van der Waals surface area (Å²) in [5.41, 5.74) is 0.787. The van der Waals surface area contributed by atoms with E-state index in [1.807, 2.05) is 6.26 Å². The maximum Gasteiger partial charge on any atom is 0.266 e. The fourth-order valence-electron chi connectivity index (χ4n) is 2.03. The van der Waals surface area contributed by atoms with Gasteiger partial charge in [-0.05, 0) is 42.7 Å². The molecule has 0 saturated heterocycles. The Morgan fingerprint density at radius 3 is 2.28 bits per heavy atom. The Labute approximate surface area is 151 Å². The molecule has 132 valence electrons. The van der Waals surface area contributed by atoms with Gasteiger partial charge >= 0.3 is 0 Å². The molecule has 6 nitrogen and oxygen atoms in total. The highest BCUT2D eigenvalue weighted by Gasteiger charge is 2.20. The van der Waals surface area contributed by atoms with Crippen LogP contribution in [0.3, 0.4) is 0 Å². The van der Waals surface area contributed by atoms with Crippen molar-refractivity contribution in [2.24, 2.45) is 0 Å². The summed E-state index contributed by atoms with van der Waals surface area (Å²) in [5, 5.41) is 2.63. The van der Waals surface area contributed by atoms with E-state index in [9.17, 15) is 18.0 Å². The van der Waals surface area contributed by atoms with Gasteiger partial charge in [0.1, 0.15) is 0 Å². The second kappa shape index (κ2) is 8.17. The molecule has 8 heteroatoms. The molecular weight excluding hydrogens is 360 g/mol. The van der Waals surface area contributed by atoms with E-state index in [-0.39, 0.29) is 10.8 Å². The van der Waals surface area contributed by atoms with Crippen LogP contribution in [0.4, 0.5) is 5.69 Å². The van der Waals surface area contributed by atoms with E-state index in [4.69, 9.17) is 0 Å². The normalized spacial score (nSPS) is 11.0. The highest BCUT2D eigenvalue weighted by molar-refractivity contribution is 7.98. The number of benzene rings is 2. The van der Waals surface area contributed by atoms with Crippen LogP contribution in [0.5, 0.6) is 0 Å². The minimum absolute atomic E-state index is 0.0584. The van der Waals surface area contributed by atoms with Crippen molar-refractivity contribution in [3.63, 3.8) is 0 Å². The number of carbonyl (C=O) groups excluding carboxylic acids is 2. The van der Waals surface area contributed by atoms with Crippen molar-refractivity contribution in [2.75, 3.05) is 11.6 Å². The molecule has 2 N–H and O–H groups in total. The van der Waals surface area contributed by atoms with Gasteiger partial charge in [-0.3, -0.25) is 9.59 Å². The highest BCUT2D eigenvalue weighted by Crippen LogP contribution is 2.21. The Morgan fingerprint density at radius 2 is 1.68 bits per heavy atom. The summed E-state index contributed by atoms with van der Waals surface area (Å²) in [4.78, 5) is 24.3. The van der Waals surface area contributed by atoms with Crippen LogP contribution in [0.25, 0.3) is 0 Å². The zero-order chi connectivity index (χ0) is 18.4. The Morgan fingerprint density at radius 1 is 1.04 bits per heavy atom. The molecule has 0 heterocycles. The molecule has 0 atom stereocenters. The number of anilines is 1. The van der Waals surface area contributed by atoms with Crippen LogP contribution in [0.1, 0.15) is 23.7 Å².